The maximum atomic E-state index is 12.8. The smallest absolute Gasteiger partial charge is 0.303 e. The zero-order chi connectivity index (χ0) is 20.1. The van der Waals surface area contributed by atoms with Gasteiger partial charge in [0.25, 0.3) is 0 Å². The molecule has 4 aliphatic rings. The van der Waals surface area contributed by atoms with Gasteiger partial charge in [-0.15, -0.1) is 0 Å². The lowest BCUT2D eigenvalue weighted by molar-refractivity contribution is -0.149. The van der Waals surface area contributed by atoms with E-state index >= 15 is 0 Å². The van der Waals surface area contributed by atoms with Crippen LogP contribution in [0.15, 0.2) is 11.6 Å². The van der Waals surface area contributed by atoms with Crippen molar-refractivity contribution in [2.45, 2.75) is 65.2 Å². The topological polar surface area (TPSA) is 77.5 Å². The average Bonchev–Trinajstić information content (AvgIpc) is 3.03. The van der Waals surface area contributed by atoms with Gasteiger partial charge in [-0.3, -0.25) is 14.4 Å². The van der Waals surface area contributed by atoms with Crippen LogP contribution in [0.25, 0.3) is 0 Å². The van der Waals surface area contributed by atoms with Crippen molar-refractivity contribution in [3.8, 4) is 0 Å². The maximum absolute atomic E-state index is 12.8. The molecule has 3 saturated carbocycles. The van der Waals surface area contributed by atoms with E-state index in [0.29, 0.717) is 30.6 Å². The number of allylic oxidation sites excluding steroid dienone is 1. The molecule has 0 heterocycles. The molecule has 0 radical (unpaired) electrons. The number of ketones is 2. The summed E-state index contributed by atoms with van der Waals surface area (Å²) in [6.07, 6.45) is 9.55. The number of fused-ring (bicyclic) bond motifs is 5. The Bertz CT molecular complexity index is 752. The lowest BCUT2D eigenvalue weighted by Gasteiger charge is -2.57. The van der Waals surface area contributed by atoms with Gasteiger partial charge in [-0.05, 0) is 74.2 Å². The van der Waals surface area contributed by atoms with Crippen molar-refractivity contribution in [3.63, 3.8) is 0 Å². The minimum atomic E-state index is -0.460. The molecule has 0 saturated heterocycles. The molecular formula is C23H30O5. The van der Waals surface area contributed by atoms with Gasteiger partial charge in [-0.25, -0.2) is 0 Å². The lowest BCUT2D eigenvalue weighted by atomic mass is 9.46. The molecule has 0 aromatic heterocycles. The van der Waals surface area contributed by atoms with Crippen molar-refractivity contribution in [2.75, 3.05) is 6.61 Å². The molecule has 0 spiro atoms. The Morgan fingerprint density at radius 3 is 2.64 bits per heavy atom. The van der Waals surface area contributed by atoms with Crippen LogP contribution >= 0.6 is 0 Å². The van der Waals surface area contributed by atoms with Crippen LogP contribution in [0, 0.1) is 34.5 Å². The molecule has 4 aliphatic carbocycles. The number of esters is 1. The van der Waals surface area contributed by atoms with E-state index in [1.54, 1.807) is 6.08 Å². The second-order valence-corrected chi connectivity index (χ2v) is 9.63. The Balaban J connectivity index is 1.59. The standard InChI is InChI=1S/C23H30O5/c1-14(25)28-12-21(27)20-6-5-18-17-4-3-15-11-16(26)7-10-23(15,13-24)19(17)8-9-22(18,20)2/h11,13,17-20H,3-10,12H2,1-2H3/t17-,18-,19-,20+,22-,23+/m1/s1. The monoisotopic (exact) mass is 386 g/mol. The molecular weight excluding hydrogens is 356 g/mol. The summed E-state index contributed by atoms with van der Waals surface area (Å²) in [6.45, 7) is 3.45. The number of rotatable bonds is 4. The lowest BCUT2D eigenvalue weighted by Crippen LogP contribution is -2.52. The molecule has 0 unspecified atom stereocenters. The van der Waals surface area contributed by atoms with Gasteiger partial charge in [0.2, 0.25) is 0 Å². The van der Waals surface area contributed by atoms with E-state index < -0.39 is 11.4 Å². The minimum Gasteiger partial charge on any atom is -0.458 e. The molecule has 0 aromatic carbocycles. The molecule has 4 rings (SSSR count). The van der Waals surface area contributed by atoms with Crippen molar-refractivity contribution in [1.82, 2.24) is 0 Å². The zero-order valence-corrected chi connectivity index (χ0v) is 16.9. The summed E-state index contributed by atoms with van der Waals surface area (Å²) < 4.78 is 4.99. The molecule has 28 heavy (non-hydrogen) atoms. The van der Waals surface area contributed by atoms with E-state index in [1.165, 1.54) is 6.92 Å². The molecule has 0 bridgehead atoms. The molecule has 0 N–H and O–H groups in total. The normalized spacial score (nSPS) is 41.9. The van der Waals surface area contributed by atoms with E-state index in [4.69, 9.17) is 4.74 Å². The molecule has 5 heteroatoms. The van der Waals surface area contributed by atoms with Gasteiger partial charge in [-0.1, -0.05) is 12.5 Å². The molecule has 0 amide bonds. The first-order valence-corrected chi connectivity index (χ1v) is 10.7. The van der Waals surface area contributed by atoms with Gasteiger partial charge >= 0.3 is 5.97 Å². The van der Waals surface area contributed by atoms with Crippen molar-refractivity contribution in [3.05, 3.63) is 11.6 Å². The number of ether oxygens (including phenoxy) is 1. The van der Waals surface area contributed by atoms with Crippen LogP contribution in [0.1, 0.15) is 65.2 Å². The van der Waals surface area contributed by atoms with Crippen LogP contribution in [0.3, 0.4) is 0 Å². The number of Topliss-reactive ketones (excluding diaryl/α,β-unsaturated/α-hetero) is 1. The molecule has 5 nitrogen and oxygen atoms in total. The fourth-order valence-electron chi connectivity index (χ4n) is 7.30. The van der Waals surface area contributed by atoms with Crippen LogP contribution in [0.4, 0.5) is 0 Å². The zero-order valence-electron chi connectivity index (χ0n) is 16.9. The highest BCUT2D eigenvalue weighted by atomic mass is 16.5. The second kappa shape index (κ2) is 6.93. The van der Waals surface area contributed by atoms with Crippen LogP contribution < -0.4 is 0 Å². The second-order valence-electron chi connectivity index (χ2n) is 9.63. The Kier molecular flexibility index (Phi) is 4.83. The predicted molar refractivity (Wildman–Crippen MR) is 102 cm³/mol. The molecule has 152 valence electrons. The summed E-state index contributed by atoms with van der Waals surface area (Å²) in [5.41, 5.74) is 0.524. The summed E-state index contributed by atoms with van der Waals surface area (Å²) in [7, 11) is 0. The van der Waals surface area contributed by atoms with E-state index in [2.05, 4.69) is 6.92 Å². The van der Waals surface area contributed by atoms with Gasteiger partial charge < -0.3 is 9.53 Å². The van der Waals surface area contributed by atoms with Crippen molar-refractivity contribution in [1.29, 1.82) is 0 Å². The van der Waals surface area contributed by atoms with Gasteiger partial charge in [-0.2, -0.15) is 0 Å². The van der Waals surface area contributed by atoms with Crippen molar-refractivity contribution < 1.29 is 23.9 Å². The Morgan fingerprint density at radius 2 is 1.93 bits per heavy atom. The Hall–Kier alpha value is -1.78. The third kappa shape index (κ3) is 2.81. The van der Waals surface area contributed by atoms with Gasteiger partial charge in [0, 0.05) is 19.3 Å². The van der Waals surface area contributed by atoms with Crippen LogP contribution in [0.5, 0.6) is 0 Å². The highest BCUT2D eigenvalue weighted by Crippen LogP contribution is 2.66. The third-order valence-corrected chi connectivity index (χ3v) is 8.58. The van der Waals surface area contributed by atoms with E-state index in [1.807, 2.05) is 0 Å². The first-order valence-electron chi connectivity index (χ1n) is 10.7. The third-order valence-electron chi connectivity index (χ3n) is 8.58. The Labute approximate surface area is 166 Å². The molecule has 3 fully saturated rings. The molecule has 6 atom stereocenters. The van der Waals surface area contributed by atoms with Crippen LogP contribution in [-0.4, -0.2) is 30.4 Å². The first-order chi connectivity index (χ1) is 13.3. The number of carbonyl (C=O) groups is 4. The predicted octanol–water partition coefficient (Wildman–Crippen LogP) is 3.45. The number of aldehydes is 1. The molecule has 0 aliphatic heterocycles. The summed E-state index contributed by atoms with van der Waals surface area (Å²) in [5.74, 6) is 0.873. The van der Waals surface area contributed by atoms with Crippen molar-refractivity contribution in [2.24, 2.45) is 34.5 Å². The van der Waals surface area contributed by atoms with Crippen LogP contribution in [-0.2, 0) is 23.9 Å². The fraction of sp³-hybridized carbons (Fsp3) is 0.739. The summed E-state index contributed by atoms with van der Waals surface area (Å²) in [4.78, 5) is 48.1. The quantitative estimate of drug-likeness (QED) is 0.546. The van der Waals surface area contributed by atoms with Gasteiger partial charge in [0.05, 0.1) is 5.41 Å². The summed E-state index contributed by atoms with van der Waals surface area (Å²) >= 11 is 0. The Morgan fingerprint density at radius 1 is 1.14 bits per heavy atom. The highest BCUT2D eigenvalue weighted by molar-refractivity contribution is 5.93. The highest BCUT2D eigenvalue weighted by Gasteiger charge is 2.61. The van der Waals surface area contributed by atoms with E-state index in [9.17, 15) is 19.2 Å². The SMILES string of the molecule is CC(=O)OCC(=O)[C@@H]1CC[C@@H]2[C@H]3CCC4=CC(=O)CC[C@@]4(C=O)[C@@H]3CC[C@]21C. The number of carbonyl (C=O) groups excluding carboxylic acids is 4. The van der Waals surface area contributed by atoms with E-state index in [0.717, 1.165) is 50.4 Å². The summed E-state index contributed by atoms with van der Waals surface area (Å²) in [6, 6.07) is 0. The number of hydrogen-bond acceptors (Lipinski definition) is 5. The largest absolute Gasteiger partial charge is 0.458 e. The minimum absolute atomic E-state index is 0.0448. The first kappa shape index (κ1) is 19.5. The van der Waals surface area contributed by atoms with E-state index in [-0.39, 0.29) is 29.5 Å². The van der Waals surface area contributed by atoms with Crippen LogP contribution in [0.2, 0.25) is 0 Å². The summed E-state index contributed by atoms with van der Waals surface area (Å²) in [5, 5.41) is 0. The van der Waals surface area contributed by atoms with Gasteiger partial charge in [0.15, 0.2) is 11.6 Å². The number of hydrogen-bond donors (Lipinski definition) is 0. The maximum Gasteiger partial charge on any atom is 0.303 e. The average molecular weight is 386 g/mol. The van der Waals surface area contributed by atoms with Crippen molar-refractivity contribution >= 4 is 23.8 Å². The van der Waals surface area contributed by atoms with Gasteiger partial charge in [0.1, 0.15) is 12.9 Å². The molecule has 0 aromatic rings. The fourth-order valence-corrected chi connectivity index (χ4v) is 7.30.